The van der Waals surface area contributed by atoms with Gasteiger partial charge < -0.3 is 9.64 Å². The summed E-state index contributed by atoms with van der Waals surface area (Å²) in [6.45, 7) is 2.26. The number of rotatable bonds is 5. The van der Waals surface area contributed by atoms with Crippen molar-refractivity contribution in [1.29, 1.82) is 0 Å². The minimum Gasteiger partial charge on any atom is -0.496 e. The molecule has 0 amide bonds. The van der Waals surface area contributed by atoms with E-state index in [0.29, 0.717) is 29.2 Å². The third-order valence-electron chi connectivity index (χ3n) is 7.18. The van der Waals surface area contributed by atoms with Crippen LogP contribution in [0.25, 0.3) is 22.5 Å². The van der Waals surface area contributed by atoms with Gasteiger partial charge in [-0.05, 0) is 98.6 Å². The Kier molecular flexibility index (Phi) is 5.38. The second-order valence-corrected chi connectivity index (χ2v) is 9.52. The summed E-state index contributed by atoms with van der Waals surface area (Å²) < 4.78 is 7.25. The third kappa shape index (κ3) is 3.86. The van der Waals surface area contributed by atoms with Gasteiger partial charge in [0.2, 0.25) is 0 Å². The van der Waals surface area contributed by atoms with Crippen LogP contribution >= 0.6 is 0 Å². The Labute approximate surface area is 189 Å². The fourth-order valence-corrected chi connectivity index (χ4v) is 4.93. The number of methoxy groups -OCH3 is 1. The minimum atomic E-state index is -0.0495. The highest BCUT2D eigenvalue weighted by Crippen LogP contribution is 2.50. The molecule has 0 aliphatic heterocycles. The molecule has 3 unspecified atom stereocenters. The number of nitrogens with zero attached hydrogens (tertiary/aromatic N) is 3. The topological polar surface area (TPSA) is 46.8 Å². The first-order chi connectivity index (χ1) is 15.4. The van der Waals surface area contributed by atoms with E-state index in [0.717, 1.165) is 36.1 Å². The molecule has 3 atom stereocenters. The van der Waals surface area contributed by atoms with E-state index in [1.807, 2.05) is 24.4 Å². The summed E-state index contributed by atoms with van der Waals surface area (Å²) in [5.41, 5.74) is 5.96. The molecule has 0 bridgehead atoms. The molecule has 5 rings (SSSR count). The second kappa shape index (κ2) is 8.21. The highest BCUT2D eigenvalue weighted by Gasteiger charge is 2.36. The Morgan fingerprint density at radius 3 is 2.56 bits per heavy atom. The first-order valence-corrected chi connectivity index (χ1v) is 11.5. The quantitative estimate of drug-likeness (QED) is 0.573. The first-order valence-electron chi connectivity index (χ1n) is 11.5. The molecule has 2 aromatic heterocycles. The van der Waals surface area contributed by atoms with E-state index in [-0.39, 0.29) is 5.56 Å². The van der Waals surface area contributed by atoms with Crippen LogP contribution in [0.4, 0.5) is 0 Å². The van der Waals surface area contributed by atoms with Crippen molar-refractivity contribution in [3.63, 3.8) is 0 Å². The Morgan fingerprint density at radius 1 is 1.12 bits per heavy atom. The average molecular weight is 430 g/mol. The number of fused-ring (bicyclic) bond motifs is 1. The van der Waals surface area contributed by atoms with Gasteiger partial charge in [0, 0.05) is 23.9 Å². The van der Waals surface area contributed by atoms with Crippen molar-refractivity contribution in [2.45, 2.75) is 44.6 Å². The number of allylic oxidation sites excluding steroid dienone is 1. The van der Waals surface area contributed by atoms with E-state index in [1.165, 1.54) is 17.6 Å². The molecule has 1 fully saturated rings. The van der Waals surface area contributed by atoms with Crippen LogP contribution in [0.1, 0.15) is 49.7 Å². The predicted octanol–water partition coefficient (Wildman–Crippen LogP) is 4.99. The Hall–Kier alpha value is -2.92. The second-order valence-electron chi connectivity index (χ2n) is 9.52. The van der Waals surface area contributed by atoms with Gasteiger partial charge in [0.25, 0.3) is 5.56 Å². The lowest BCUT2D eigenvalue weighted by Crippen LogP contribution is -2.29. The highest BCUT2D eigenvalue weighted by molar-refractivity contribution is 5.69. The van der Waals surface area contributed by atoms with Gasteiger partial charge >= 0.3 is 0 Å². The molecular weight excluding hydrogens is 398 g/mol. The lowest BCUT2D eigenvalue weighted by Gasteiger charge is -2.27. The van der Waals surface area contributed by atoms with Crippen LogP contribution in [-0.4, -0.2) is 41.5 Å². The van der Waals surface area contributed by atoms with Gasteiger partial charge in [-0.2, -0.15) is 0 Å². The molecule has 2 aliphatic carbocycles. The van der Waals surface area contributed by atoms with Crippen molar-refractivity contribution < 1.29 is 4.74 Å². The number of ether oxygens (including phenoxy) is 1. The van der Waals surface area contributed by atoms with Crippen LogP contribution in [0.15, 0.2) is 53.5 Å². The van der Waals surface area contributed by atoms with Gasteiger partial charge in [-0.1, -0.05) is 13.0 Å². The molecule has 3 aromatic rings. The van der Waals surface area contributed by atoms with E-state index in [1.54, 1.807) is 17.6 Å². The molecule has 1 saturated carbocycles. The highest BCUT2D eigenvalue weighted by atomic mass is 16.5. The van der Waals surface area contributed by atoms with Gasteiger partial charge in [0.1, 0.15) is 11.4 Å². The van der Waals surface area contributed by atoms with Gasteiger partial charge in [-0.3, -0.25) is 9.20 Å². The summed E-state index contributed by atoms with van der Waals surface area (Å²) >= 11 is 0. The molecule has 0 radical (unpaired) electrons. The van der Waals surface area contributed by atoms with E-state index >= 15 is 0 Å². The van der Waals surface area contributed by atoms with E-state index in [2.05, 4.69) is 44.1 Å². The monoisotopic (exact) mass is 429 g/mol. The zero-order valence-electron chi connectivity index (χ0n) is 19.3. The van der Waals surface area contributed by atoms with E-state index in [4.69, 9.17) is 9.72 Å². The Bertz CT molecular complexity index is 1260. The summed E-state index contributed by atoms with van der Waals surface area (Å²) in [7, 11) is 5.99. The molecule has 2 heterocycles. The summed E-state index contributed by atoms with van der Waals surface area (Å²) in [5.74, 6) is 2.13. The fourth-order valence-electron chi connectivity index (χ4n) is 4.93. The smallest absolute Gasteiger partial charge is 0.258 e. The largest absolute Gasteiger partial charge is 0.496 e. The van der Waals surface area contributed by atoms with E-state index < -0.39 is 0 Å². The predicted molar refractivity (Wildman–Crippen MR) is 129 cm³/mol. The lowest BCUT2D eigenvalue weighted by molar-refractivity contribution is 0.277. The minimum absolute atomic E-state index is 0.0495. The normalized spacial score (nSPS) is 22.8. The van der Waals surface area contributed by atoms with Crippen LogP contribution in [0.5, 0.6) is 5.75 Å². The molecule has 0 N–H and O–H groups in total. The summed E-state index contributed by atoms with van der Waals surface area (Å²) in [6.07, 6.45) is 8.67. The maximum atomic E-state index is 13.0. The van der Waals surface area contributed by atoms with Gasteiger partial charge in [0.05, 0.1) is 12.8 Å². The van der Waals surface area contributed by atoms with Crippen LogP contribution in [0.3, 0.4) is 0 Å². The van der Waals surface area contributed by atoms with Crippen molar-refractivity contribution in [1.82, 2.24) is 14.3 Å². The molecule has 166 valence electrons. The van der Waals surface area contributed by atoms with Crippen molar-refractivity contribution in [2.75, 3.05) is 21.2 Å². The SMILES string of the molecule is COc1ccc(-c2cc(=O)n3cc(C4=CCC(N(C)C)CC4)ccc3n2)cc1C1CC1C. The summed E-state index contributed by atoms with van der Waals surface area (Å²) in [5, 5.41) is 0. The zero-order chi connectivity index (χ0) is 22.4. The summed E-state index contributed by atoms with van der Waals surface area (Å²) in [6, 6.07) is 12.4. The molecule has 0 saturated heterocycles. The number of benzene rings is 1. The van der Waals surface area contributed by atoms with Gasteiger partial charge in [0.15, 0.2) is 0 Å². The van der Waals surface area contributed by atoms with Crippen molar-refractivity contribution in [3.8, 4) is 17.0 Å². The first kappa shape index (κ1) is 21.0. The summed E-state index contributed by atoms with van der Waals surface area (Å²) in [4.78, 5) is 20.1. The molecule has 0 spiro atoms. The number of pyridine rings is 1. The van der Waals surface area contributed by atoms with Crippen LogP contribution in [-0.2, 0) is 0 Å². The Balaban J connectivity index is 1.49. The van der Waals surface area contributed by atoms with Gasteiger partial charge in [-0.25, -0.2) is 4.98 Å². The van der Waals surface area contributed by atoms with Gasteiger partial charge in [-0.15, -0.1) is 0 Å². The number of hydrogen-bond acceptors (Lipinski definition) is 4. The third-order valence-corrected chi connectivity index (χ3v) is 7.18. The lowest BCUT2D eigenvalue weighted by atomic mass is 9.91. The molecular formula is C27H31N3O2. The maximum Gasteiger partial charge on any atom is 0.258 e. The molecule has 2 aliphatic rings. The standard InChI is InChI=1S/C27H31N3O2/c1-17-13-22(17)23-14-19(7-11-25(23)32-4)24-15-27(31)30-16-20(8-12-26(30)28-24)18-5-9-21(10-6-18)29(2)3/h5,7-8,11-12,14-17,21-22H,6,9-10,13H2,1-4H3. The van der Waals surface area contributed by atoms with Crippen molar-refractivity contribution >= 4 is 11.2 Å². The fraction of sp³-hybridized carbons (Fsp3) is 0.407. The molecule has 32 heavy (non-hydrogen) atoms. The molecule has 5 heteroatoms. The molecule has 1 aromatic carbocycles. The maximum absolute atomic E-state index is 13.0. The average Bonchev–Trinajstić information content (AvgIpc) is 3.54. The van der Waals surface area contributed by atoms with Crippen LogP contribution < -0.4 is 10.3 Å². The zero-order valence-corrected chi connectivity index (χ0v) is 19.3. The number of aromatic nitrogens is 2. The van der Waals surface area contributed by atoms with E-state index in [9.17, 15) is 4.79 Å². The van der Waals surface area contributed by atoms with Crippen molar-refractivity contribution in [2.24, 2.45) is 5.92 Å². The molecule has 5 nitrogen and oxygen atoms in total. The Morgan fingerprint density at radius 2 is 1.91 bits per heavy atom. The number of hydrogen-bond donors (Lipinski definition) is 0. The van der Waals surface area contributed by atoms with Crippen molar-refractivity contribution in [3.05, 3.63) is 70.2 Å². The van der Waals surface area contributed by atoms with Crippen LogP contribution in [0.2, 0.25) is 0 Å². The van der Waals surface area contributed by atoms with Crippen LogP contribution in [0, 0.1) is 5.92 Å².